The largest absolute Gasteiger partial charge is 0.361 e. The maximum absolute atomic E-state index is 11.9. The lowest BCUT2D eigenvalue weighted by Gasteiger charge is -2.04. The molecule has 22 heavy (non-hydrogen) atoms. The Labute approximate surface area is 134 Å². The number of H-pyrrole nitrogens is 1. The van der Waals surface area contributed by atoms with Gasteiger partial charge in [0.15, 0.2) is 0 Å². The van der Waals surface area contributed by atoms with Crippen molar-refractivity contribution in [2.24, 2.45) is 0 Å². The molecule has 3 nitrogen and oxygen atoms in total. The maximum Gasteiger partial charge on any atom is 0.220 e. The highest BCUT2D eigenvalue weighted by Crippen LogP contribution is 2.19. The van der Waals surface area contributed by atoms with Crippen LogP contribution >= 0.6 is 11.3 Å². The van der Waals surface area contributed by atoms with Crippen molar-refractivity contribution in [3.63, 3.8) is 0 Å². The Morgan fingerprint density at radius 1 is 1.27 bits per heavy atom. The summed E-state index contributed by atoms with van der Waals surface area (Å²) in [4.78, 5) is 16.4. The first-order chi connectivity index (χ1) is 10.7. The zero-order valence-electron chi connectivity index (χ0n) is 12.7. The van der Waals surface area contributed by atoms with Crippen molar-refractivity contribution in [1.82, 2.24) is 10.3 Å². The van der Waals surface area contributed by atoms with Crippen molar-refractivity contribution < 1.29 is 4.79 Å². The number of fused-ring (bicyclic) bond motifs is 1. The van der Waals surface area contributed by atoms with E-state index >= 15 is 0 Å². The first-order valence-corrected chi connectivity index (χ1v) is 8.46. The Balaban J connectivity index is 1.46. The van der Waals surface area contributed by atoms with Gasteiger partial charge in [0, 0.05) is 28.4 Å². The fourth-order valence-electron chi connectivity index (χ4n) is 2.63. The molecule has 0 saturated carbocycles. The molecule has 114 valence electrons. The molecule has 2 aromatic heterocycles. The number of hydrogen-bond donors (Lipinski definition) is 2. The normalized spacial score (nSPS) is 11.0. The second-order valence-electron chi connectivity index (χ2n) is 5.52. The highest BCUT2D eigenvalue weighted by atomic mass is 32.1. The molecule has 3 aromatic rings. The Kier molecular flexibility index (Phi) is 4.59. The quantitative estimate of drug-likeness (QED) is 0.705. The minimum atomic E-state index is 0.132. The van der Waals surface area contributed by atoms with E-state index in [9.17, 15) is 4.79 Å². The van der Waals surface area contributed by atoms with E-state index in [-0.39, 0.29) is 5.91 Å². The number of hydrogen-bond acceptors (Lipinski definition) is 2. The van der Waals surface area contributed by atoms with Crippen molar-refractivity contribution in [3.8, 4) is 0 Å². The summed E-state index contributed by atoms with van der Waals surface area (Å²) in [5.41, 5.74) is 3.71. The predicted molar refractivity (Wildman–Crippen MR) is 92.1 cm³/mol. The standard InChI is InChI=1S/C18H20N2OS/c1-13-9-10-22-17(13)12-20-18(21)8-4-5-14-11-19-16-7-3-2-6-15(14)16/h2-3,6-7,9-11,19H,4-5,8,12H2,1H3,(H,20,21). The second kappa shape index (κ2) is 6.79. The molecular weight excluding hydrogens is 292 g/mol. The van der Waals surface area contributed by atoms with Crippen LogP contribution in [0.5, 0.6) is 0 Å². The highest BCUT2D eigenvalue weighted by Gasteiger charge is 2.06. The number of aromatic nitrogens is 1. The smallest absolute Gasteiger partial charge is 0.220 e. The Hall–Kier alpha value is -2.07. The Bertz CT molecular complexity index is 772. The van der Waals surface area contributed by atoms with Gasteiger partial charge in [0.1, 0.15) is 0 Å². The van der Waals surface area contributed by atoms with Gasteiger partial charge >= 0.3 is 0 Å². The minimum Gasteiger partial charge on any atom is -0.361 e. The van der Waals surface area contributed by atoms with E-state index in [1.165, 1.54) is 21.4 Å². The van der Waals surface area contributed by atoms with Crippen molar-refractivity contribution in [1.29, 1.82) is 0 Å². The second-order valence-corrected chi connectivity index (χ2v) is 6.52. The van der Waals surface area contributed by atoms with Crippen LogP contribution in [0.1, 0.15) is 28.8 Å². The van der Waals surface area contributed by atoms with E-state index in [1.54, 1.807) is 11.3 Å². The molecule has 4 heteroatoms. The summed E-state index contributed by atoms with van der Waals surface area (Å²) in [6.45, 7) is 2.73. The lowest BCUT2D eigenvalue weighted by Crippen LogP contribution is -2.22. The Morgan fingerprint density at radius 2 is 2.14 bits per heavy atom. The van der Waals surface area contributed by atoms with Crippen LogP contribution in [0, 0.1) is 6.92 Å². The third kappa shape index (κ3) is 3.39. The molecule has 0 unspecified atom stereocenters. The monoisotopic (exact) mass is 312 g/mol. The van der Waals surface area contributed by atoms with E-state index in [4.69, 9.17) is 0 Å². The molecule has 0 aliphatic heterocycles. The zero-order chi connectivity index (χ0) is 15.4. The first-order valence-electron chi connectivity index (χ1n) is 7.58. The van der Waals surface area contributed by atoms with Gasteiger partial charge in [-0.05, 0) is 48.4 Å². The number of rotatable bonds is 6. The highest BCUT2D eigenvalue weighted by molar-refractivity contribution is 7.10. The molecule has 3 rings (SSSR count). The zero-order valence-corrected chi connectivity index (χ0v) is 13.5. The average molecular weight is 312 g/mol. The third-order valence-corrected chi connectivity index (χ3v) is 4.96. The fraction of sp³-hybridized carbons (Fsp3) is 0.278. The van der Waals surface area contributed by atoms with E-state index < -0.39 is 0 Å². The lowest BCUT2D eigenvalue weighted by molar-refractivity contribution is -0.121. The summed E-state index contributed by atoms with van der Waals surface area (Å²) in [5, 5.41) is 6.33. The number of amides is 1. The van der Waals surface area contributed by atoms with Gasteiger partial charge in [-0.3, -0.25) is 4.79 Å². The van der Waals surface area contributed by atoms with Crippen molar-refractivity contribution in [2.45, 2.75) is 32.7 Å². The SMILES string of the molecule is Cc1ccsc1CNC(=O)CCCc1c[nH]c2ccccc12. The summed E-state index contributed by atoms with van der Waals surface area (Å²) < 4.78 is 0. The van der Waals surface area contributed by atoms with E-state index in [2.05, 4.69) is 53.1 Å². The third-order valence-electron chi connectivity index (χ3n) is 3.94. The molecule has 0 atom stereocenters. The van der Waals surface area contributed by atoms with Gasteiger partial charge in [0.25, 0.3) is 0 Å². The number of carbonyl (C=O) groups is 1. The van der Waals surface area contributed by atoms with Crippen LogP contribution in [0.25, 0.3) is 10.9 Å². The fourth-order valence-corrected chi connectivity index (χ4v) is 3.48. The molecular formula is C18H20N2OS. The number of aromatic amines is 1. The molecule has 2 N–H and O–H groups in total. The molecule has 0 saturated heterocycles. The molecule has 0 aliphatic rings. The topological polar surface area (TPSA) is 44.9 Å². The Morgan fingerprint density at radius 3 is 2.95 bits per heavy atom. The summed E-state index contributed by atoms with van der Waals surface area (Å²) in [6, 6.07) is 10.4. The molecule has 1 aromatic carbocycles. The van der Waals surface area contributed by atoms with Gasteiger partial charge < -0.3 is 10.3 Å². The average Bonchev–Trinajstić information content (AvgIpc) is 3.12. The molecule has 0 fully saturated rings. The van der Waals surface area contributed by atoms with Gasteiger partial charge in [0.05, 0.1) is 6.54 Å². The van der Waals surface area contributed by atoms with E-state index in [0.29, 0.717) is 13.0 Å². The van der Waals surface area contributed by atoms with Gasteiger partial charge in [0.2, 0.25) is 5.91 Å². The van der Waals surface area contributed by atoms with Crippen LogP contribution in [-0.4, -0.2) is 10.9 Å². The van der Waals surface area contributed by atoms with Crippen LogP contribution < -0.4 is 5.32 Å². The number of para-hydroxylation sites is 1. The van der Waals surface area contributed by atoms with E-state index in [0.717, 1.165) is 18.4 Å². The number of nitrogens with one attached hydrogen (secondary N) is 2. The summed E-state index contributed by atoms with van der Waals surface area (Å²) in [6.07, 6.45) is 4.42. The molecule has 0 spiro atoms. The maximum atomic E-state index is 11.9. The van der Waals surface area contributed by atoms with E-state index in [1.807, 2.05) is 6.07 Å². The van der Waals surface area contributed by atoms with Gasteiger partial charge in [-0.2, -0.15) is 0 Å². The predicted octanol–water partition coefficient (Wildman–Crippen LogP) is 4.18. The van der Waals surface area contributed by atoms with Crippen LogP contribution in [0.15, 0.2) is 41.9 Å². The van der Waals surface area contributed by atoms with Crippen molar-refractivity contribution in [2.75, 3.05) is 0 Å². The number of thiophene rings is 1. The molecule has 1 amide bonds. The van der Waals surface area contributed by atoms with Crippen molar-refractivity contribution >= 4 is 28.1 Å². The van der Waals surface area contributed by atoms with Crippen LogP contribution in [-0.2, 0) is 17.8 Å². The van der Waals surface area contributed by atoms with Crippen molar-refractivity contribution in [3.05, 3.63) is 57.9 Å². The summed E-state index contributed by atoms with van der Waals surface area (Å²) in [7, 11) is 0. The number of carbonyl (C=O) groups excluding carboxylic acids is 1. The first kappa shape index (κ1) is 14.9. The molecule has 0 bridgehead atoms. The van der Waals surface area contributed by atoms with Gasteiger partial charge in [-0.1, -0.05) is 18.2 Å². The lowest BCUT2D eigenvalue weighted by atomic mass is 10.1. The number of aryl methyl sites for hydroxylation is 2. The van der Waals surface area contributed by atoms with Crippen LogP contribution in [0.3, 0.4) is 0 Å². The minimum absolute atomic E-state index is 0.132. The molecule has 2 heterocycles. The number of benzene rings is 1. The molecule has 0 radical (unpaired) electrons. The van der Waals surface area contributed by atoms with Crippen LogP contribution in [0.2, 0.25) is 0 Å². The van der Waals surface area contributed by atoms with Crippen LogP contribution in [0.4, 0.5) is 0 Å². The summed E-state index contributed by atoms with van der Waals surface area (Å²) >= 11 is 1.70. The van der Waals surface area contributed by atoms with Gasteiger partial charge in [-0.15, -0.1) is 11.3 Å². The molecule has 0 aliphatic carbocycles. The van der Waals surface area contributed by atoms with Gasteiger partial charge in [-0.25, -0.2) is 0 Å². The summed E-state index contributed by atoms with van der Waals surface area (Å²) in [5.74, 6) is 0.132.